The first-order valence-corrected chi connectivity index (χ1v) is 31.1. The van der Waals surface area contributed by atoms with Gasteiger partial charge in [0.15, 0.2) is 29.2 Å². The molecule has 388 valence electrons. The van der Waals surface area contributed by atoms with E-state index >= 15 is 0 Å². The molecule has 0 aromatic carbocycles. The molecule has 3 aliphatic heterocycles. The maximum atomic E-state index is 14.8. The lowest BCUT2D eigenvalue weighted by atomic mass is 9.73. The summed E-state index contributed by atoms with van der Waals surface area (Å²) in [6.45, 7) is 35.1. The molecular formula is C48H94N2O14Si2. The highest BCUT2D eigenvalue weighted by Gasteiger charge is 2.55. The lowest BCUT2D eigenvalue weighted by molar-refractivity contribution is -0.316. The van der Waals surface area contributed by atoms with Crippen LogP contribution in [-0.4, -0.2) is 169 Å². The Hall–Kier alpha value is -1.11. The number of aliphatic hydroxyl groups excluding tert-OH is 1. The number of hydrogen-bond donors (Lipinski definition) is 2. The number of aliphatic hydroxyl groups is 2. The highest BCUT2D eigenvalue weighted by molar-refractivity contribution is 6.70. The molecule has 0 amide bonds. The molecule has 0 spiro atoms. The van der Waals surface area contributed by atoms with Gasteiger partial charge in [-0.25, -0.2) is 0 Å². The van der Waals surface area contributed by atoms with Gasteiger partial charge >= 0.3 is 5.97 Å². The third-order valence-electron chi connectivity index (χ3n) is 14.1. The minimum Gasteiger partial charge on any atom is -0.459 e. The summed E-state index contributed by atoms with van der Waals surface area (Å²) in [6, 6.07) is -0.0377. The fourth-order valence-electron chi connectivity index (χ4n) is 10.1. The predicted octanol–water partition coefficient (Wildman–Crippen LogP) is 7.34. The van der Waals surface area contributed by atoms with Crippen molar-refractivity contribution in [2.24, 2.45) is 28.8 Å². The van der Waals surface area contributed by atoms with Crippen LogP contribution in [0, 0.1) is 23.7 Å². The second-order valence-electron chi connectivity index (χ2n) is 22.9. The quantitative estimate of drug-likeness (QED) is 0.0721. The monoisotopic (exact) mass is 979 g/mol. The Balaban J connectivity index is 2.39. The second-order valence-corrected chi connectivity index (χ2v) is 31.8. The molecule has 0 radical (unpaired) electrons. The van der Waals surface area contributed by atoms with Crippen molar-refractivity contribution in [2.75, 3.05) is 35.4 Å². The number of oxime groups is 1. The zero-order valence-corrected chi connectivity index (χ0v) is 47.2. The number of carbonyl (C=O) groups excluding carboxylic acids is 1. The Bertz CT molecular complexity index is 1580. The first-order chi connectivity index (χ1) is 30.1. The van der Waals surface area contributed by atoms with Gasteiger partial charge in [-0.05, 0) is 114 Å². The molecule has 3 saturated heterocycles. The van der Waals surface area contributed by atoms with Gasteiger partial charge in [-0.15, -0.1) is 0 Å². The van der Waals surface area contributed by atoms with Crippen LogP contribution >= 0.6 is 0 Å². The van der Waals surface area contributed by atoms with E-state index in [9.17, 15) is 15.0 Å². The minimum absolute atomic E-state index is 0.0377. The van der Waals surface area contributed by atoms with E-state index in [4.69, 9.17) is 51.6 Å². The Morgan fingerprint density at radius 1 is 0.818 bits per heavy atom. The van der Waals surface area contributed by atoms with Gasteiger partial charge in [0.1, 0.15) is 17.8 Å². The van der Waals surface area contributed by atoms with E-state index < -0.39 is 118 Å². The van der Waals surface area contributed by atoms with E-state index in [2.05, 4.69) is 49.3 Å². The molecule has 0 saturated carbocycles. The van der Waals surface area contributed by atoms with Gasteiger partial charge in [0, 0.05) is 65.4 Å². The molecule has 0 aliphatic carbocycles. The third-order valence-corrected chi connectivity index (χ3v) is 16.0. The molecule has 0 aromatic heterocycles. The standard InChI is InChI=1S/C48H94N2O14Si2/c1-24-35-48(12,53)40(51)30(4)37(49-64-45(8,9)54-15)28(2)26-46(10,55-16)41(61-44-39(62-65(18,19)20)34(50(13)14)25-29(3)57-44)31(5)38(32(6)43(52)59-35)60-36-27-47(11,56-17)42(33(7)58-36)63-66(21,22)23/h28-36,38-42,44,51,53H,24-27H2,1-23H3/t28-,29-,30+,31+,32-,33+,34+,35-,36+,38+,39-,40-,41-,42+,44+,46-,47-,48-/m1/s1. The van der Waals surface area contributed by atoms with Crippen LogP contribution in [0.1, 0.15) is 109 Å². The van der Waals surface area contributed by atoms with Gasteiger partial charge in [-0.1, -0.05) is 32.9 Å². The van der Waals surface area contributed by atoms with Crippen molar-refractivity contribution in [1.82, 2.24) is 4.90 Å². The molecule has 0 unspecified atom stereocenters. The van der Waals surface area contributed by atoms with Gasteiger partial charge in [-0.2, -0.15) is 0 Å². The van der Waals surface area contributed by atoms with Gasteiger partial charge in [0.25, 0.3) is 0 Å². The highest BCUT2D eigenvalue weighted by Crippen LogP contribution is 2.43. The van der Waals surface area contributed by atoms with E-state index in [0.717, 1.165) is 6.42 Å². The number of ether oxygens (including phenoxy) is 8. The maximum absolute atomic E-state index is 14.8. The predicted molar refractivity (Wildman–Crippen MR) is 260 cm³/mol. The zero-order chi connectivity index (χ0) is 50.7. The smallest absolute Gasteiger partial charge is 0.311 e. The number of carbonyl (C=O) groups is 1. The average molecular weight is 979 g/mol. The normalized spacial score (nSPS) is 42.5. The molecule has 18 heteroatoms. The molecule has 66 heavy (non-hydrogen) atoms. The molecule has 0 bridgehead atoms. The van der Waals surface area contributed by atoms with Crippen molar-refractivity contribution < 1.29 is 66.6 Å². The van der Waals surface area contributed by atoms with Crippen LogP contribution in [0.25, 0.3) is 0 Å². The summed E-state index contributed by atoms with van der Waals surface area (Å²) in [6.07, 6.45) is -5.99. The number of nitrogens with zero attached hydrogens (tertiary/aromatic N) is 2. The minimum atomic E-state index is -2.19. The van der Waals surface area contributed by atoms with E-state index in [1.165, 1.54) is 14.0 Å². The third kappa shape index (κ3) is 14.7. The van der Waals surface area contributed by atoms with Crippen molar-refractivity contribution in [1.29, 1.82) is 0 Å². The van der Waals surface area contributed by atoms with E-state index in [0.29, 0.717) is 12.1 Å². The summed E-state index contributed by atoms with van der Waals surface area (Å²) in [5.41, 5.74) is -3.44. The van der Waals surface area contributed by atoms with Crippen molar-refractivity contribution in [2.45, 2.75) is 238 Å². The lowest BCUT2D eigenvalue weighted by Crippen LogP contribution is -2.63. The van der Waals surface area contributed by atoms with Crippen LogP contribution in [0.5, 0.6) is 0 Å². The van der Waals surface area contributed by atoms with Gasteiger partial charge in [0.2, 0.25) is 5.79 Å². The van der Waals surface area contributed by atoms with Crippen molar-refractivity contribution >= 4 is 28.3 Å². The van der Waals surface area contributed by atoms with Gasteiger partial charge in [-0.3, -0.25) is 4.79 Å². The summed E-state index contributed by atoms with van der Waals surface area (Å²) in [4.78, 5) is 23.0. The van der Waals surface area contributed by atoms with Crippen LogP contribution in [-0.2, 0) is 56.4 Å². The maximum Gasteiger partial charge on any atom is 0.311 e. The van der Waals surface area contributed by atoms with Gasteiger partial charge in [0.05, 0.1) is 59.5 Å². The number of esters is 1. The second kappa shape index (κ2) is 23.0. The van der Waals surface area contributed by atoms with Gasteiger partial charge < -0.3 is 66.7 Å². The molecule has 18 atom stereocenters. The van der Waals surface area contributed by atoms with Crippen molar-refractivity contribution in [3.8, 4) is 0 Å². The molecule has 2 N–H and O–H groups in total. The molecule has 3 rings (SSSR count). The van der Waals surface area contributed by atoms with Crippen molar-refractivity contribution in [3.63, 3.8) is 0 Å². The average Bonchev–Trinajstić information content (AvgIpc) is 3.20. The lowest BCUT2D eigenvalue weighted by Gasteiger charge is -2.51. The Morgan fingerprint density at radius 2 is 1.38 bits per heavy atom. The fraction of sp³-hybridized carbons (Fsp3) is 0.958. The zero-order valence-electron chi connectivity index (χ0n) is 45.2. The molecular weight excluding hydrogens is 885 g/mol. The number of rotatable bonds is 15. The number of likely N-dealkylation sites (N-methyl/N-ethyl adjacent to an activating group) is 1. The molecule has 3 aliphatic rings. The summed E-state index contributed by atoms with van der Waals surface area (Å²) in [5, 5.41) is 29.1. The van der Waals surface area contributed by atoms with Crippen LogP contribution < -0.4 is 0 Å². The molecule has 0 aromatic rings. The van der Waals surface area contributed by atoms with E-state index in [-0.39, 0.29) is 31.1 Å². The summed E-state index contributed by atoms with van der Waals surface area (Å²) < 4.78 is 66.4. The summed E-state index contributed by atoms with van der Waals surface area (Å²) in [5.74, 6) is -4.58. The highest BCUT2D eigenvalue weighted by atomic mass is 28.4. The van der Waals surface area contributed by atoms with Crippen LogP contribution in [0.4, 0.5) is 0 Å². The first kappa shape index (κ1) is 59.2. The Labute approximate surface area is 400 Å². The summed E-state index contributed by atoms with van der Waals surface area (Å²) >= 11 is 0. The van der Waals surface area contributed by atoms with Crippen LogP contribution in [0.3, 0.4) is 0 Å². The Morgan fingerprint density at radius 3 is 1.88 bits per heavy atom. The molecule has 3 heterocycles. The topological polar surface area (TPSA) is 175 Å². The van der Waals surface area contributed by atoms with E-state index in [1.807, 2.05) is 55.6 Å². The Kier molecular flexibility index (Phi) is 20.6. The van der Waals surface area contributed by atoms with Crippen LogP contribution in [0.2, 0.25) is 39.3 Å². The summed E-state index contributed by atoms with van der Waals surface area (Å²) in [7, 11) is 4.68. The number of hydrogen-bond acceptors (Lipinski definition) is 16. The molecule has 16 nitrogen and oxygen atoms in total. The van der Waals surface area contributed by atoms with Crippen LogP contribution in [0.15, 0.2) is 5.16 Å². The van der Waals surface area contributed by atoms with Crippen molar-refractivity contribution in [3.05, 3.63) is 0 Å². The molecule has 3 fully saturated rings. The number of methoxy groups -OCH3 is 3. The van der Waals surface area contributed by atoms with E-state index in [1.54, 1.807) is 48.8 Å². The largest absolute Gasteiger partial charge is 0.459 e. The first-order valence-electron chi connectivity index (χ1n) is 24.3. The number of cyclic esters (lactones) is 1. The fourth-order valence-corrected chi connectivity index (χ4v) is 12.4. The SMILES string of the molecule is CC[C@H]1OC(=O)[C@H](C)[C@@H](O[C@H]2C[C@@](C)(OC)[C@@H](O[Si](C)(C)C)[C@H](C)O2)[C@H](C)[C@@H](O[C@@H]2O[C@H](C)C[C@H](N(C)C)[C@H]2O[Si](C)(C)C)[C@](C)(OC)C[C@@H](C)C(=NOC(C)(C)OC)[C@H](C)[C@@H](O)[C@]1(C)O.